The lowest BCUT2D eigenvalue weighted by molar-refractivity contribution is 1.05. The molecular weight excluding hydrogens is 164 g/mol. The molecule has 0 bridgehead atoms. The van der Waals surface area contributed by atoms with Crippen molar-refractivity contribution in [3.63, 3.8) is 0 Å². The van der Waals surface area contributed by atoms with Crippen molar-refractivity contribution in [1.29, 1.82) is 0 Å². The zero-order valence-electron chi connectivity index (χ0n) is 6.81. The highest BCUT2D eigenvalue weighted by Crippen LogP contribution is 2.21. The smallest absolute Gasteiger partial charge is 0.116 e. The molecule has 2 heterocycles. The number of rotatable bonds is 0. The molecule has 0 fully saturated rings. The second-order valence-corrected chi connectivity index (χ2v) is 2.91. The Morgan fingerprint density at radius 1 is 1.15 bits per heavy atom. The standard InChI is InChI=1S/C9H6N4/c1-2-11-7-4-9-8(12-5-13-9)3-6(7)10-1/h1-3,5H,4H2. The third kappa shape index (κ3) is 0.917. The maximum absolute atomic E-state index is 4.24. The third-order valence-electron chi connectivity index (χ3n) is 2.12. The van der Waals surface area contributed by atoms with Crippen LogP contribution in [0.4, 0.5) is 0 Å². The first-order chi connectivity index (χ1) is 6.43. The van der Waals surface area contributed by atoms with E-state index in [1.807, 2.05) is 6.08 Å². The predicted molar refractivity (Wildman–Crippen MR) is 49.6 cm³/mol. The maximum Gasteiger partial charge on any atom is 0.116 e. The maximum atomic E-state index is 4.24. The summed E-state index contributed by atoms with van der Waals surface area (Å²) in [5.74, 6) is 0. The van der Waals surface area contributed by atoms with Gasteiger partial charge in [-0.3, -0.25) is 9.97 Å². The molecule has 1 aromatic rings. The van der Waals surface area contributed by atoms with Crippen molar-refractivity contribution >= 4 is 18.1 Å². The molecule has 1 aliphatic carbocycles. The Kier molecular flexibility index (Phi) is 1.19. The van der Waals surface area contributed by atoms with Crippen LogP contribution in [0.3, 0.4) is 0 Å². The zero-order chi connectivity index (χ0) is 8.67. The Hall–Kier alpha value is -1.84. The molecule has 1 aromatic heterocycles. The van der Waals surface area contributed by atoms with E-state index in [4.69, 9.17) is 0 Å². The van der Waals surface area contributed by atoms with E-state index >= 15 is 0 Å². The summed E-state index contributed by atoms with van der Waals surface area (Å²) < 4.78 is 0. The third-order valence-corrected chi connectivity index (χ3v) is 2.12. The molecule has 3 rings (SSSR count). The van der Waals surface area contributed by atoms with Gasteiger partial charge in [0.15, 0.2) is 0 Å². The number of hydrogen-bond acceptors (Lipinski definition) is 4. The van der Waals surface area contributed by atoms with Gasteiger partial charge in [0.2, 0.25) is 0 Å². The van der Waals surface area contributed by atoms with Gasteiger partial charge >= 0.3 is 0 Å². The molecular formula is C9H6N4. The summed E-state index contributed by atoms with van der Waals surface area (Å²) in [6, 6.07) is 0. The molecule has 0 aromatic carbocycles. The fraction of sp³-hybridized carbons (Fsp3) is 0.111. The monoisotopic (exact) mass is 170 g/mol. The number of allylic oxidation sites excluding steroid dienone is 1. The molecule has 0 saturated carbocycles. The molecule has 62 valence electrons. The predicted octanol–water partition coefficient (Wildman–Crippen LogP) is 0.857. The van der Waals surface area contributed by atoms with Crippen LogP contribution >= 0.6 is 0 Å². The zero-order valence-corrected chi connectivity index (χ0v) is 6.81. The Bertz CT molecular complexity index is 456. The van der Waals surface area contributed by atoms with E-state index in [2.05, 4.69) is 20.0 Å². The summed E-state index contributed by atoms with van der Waals surface area (Å²) in [6.07, 6.45) is 7.64. The number of hydrogen-bond donors (Lipinski definition) is 0. The number of nitrogens with zero attached hydrogens (tertiary/aromatic N) is 4. The summed E-state index contributed by atoms with van der Waals surface area (Å²) in [4.78, 5) is 16.7. The summed E-state index contributed by atoms with van der Waals surface area (Å²) in [5.41, 5.74) is 3.81. The summed E-state index contributed by atoms with van der Waals surface area (Å²) in [7, 11) is 0. The van der Waals surface area contributed by atoms with Crippen LogP contribution in [0.5, 0.6) is 0 Å². The topological polar surface area (TPSA) is 50.5 Å². The van der Waals surface area contributed by atoms with E-state index in [9.17, 15) is 0 Å². The van der Waals surface area contributed by atoms with E-state index in [0.717, 1.165) is 29.2 Å². The fourth-order valence-corrected chi connectivity index (χ4v) is 1.48. The molecule has 0 saturated heterocycles. The average Bonchev–Trinajstić information content (AvgIpc) is 2.61. The second-order valence-electron chi connectivity index (χ2n) is 2.91. The van der Waals surface area contributed by atoms with Crippen LogP contribution in [-0.4, -0.2) is 22.0 Å². The van der Waals surface area contributed by atoms with Crippen molar-refractivity contribution in [1.82, 2.24) is 9.97 Å². The summed E-state index contributed by atoms with van der Waals surface area (Å²) in [6.45, 7) is 0. The van der Waals surface area contributed by atoms with Crippen LogP contribution in [0.15, 0.2) is 28.1 Å². The van der Waals surface area contributed by atoms with Gasteiger partial charge in [0.1, 0.15) is 6.34 Å². The lowest BCUT2D eigenvalue weighted by Crippen LogP contribution is -2.11. The fourth-order valence-electron chi connectivity index (χ4n) is 1.48. The normalized spacial score (nSPS) is 17.5. The second kappa shape index (κ2) is 2.32. The number of aliphatic imine (C=N–C) groups is 2. The van der Waals surface area contributed by atoms with Gasteiger partial charge in [-0.05, 0) is 6.08 Å². The van der Waals surface area contributed by atoms with E-state index in [1.54, 1.807) is 18.7 Å². The minimum atomic E-state index is 0.745. The lowest BCUT2D eigenvalue weighted by Gasteiger charge is -2.10. The van der Waals surface area contributed by atoms with Crippen LogP contribution in [0.1, 0.15) is 11.4 Å². The van der Waals surface area contributed by atoms with Crippen molar-refractivity contribution < 1.29 is 0 Å². The number of aromatic nitrogens is 2. The molecule has 0 unspecified atom stereocenters. The molecule has 0 atom stereocenters. The first kappa shape index (κ1) is 6.65. The van der Waals surface area contributed by atoms with E-state index in [0.29, 0.717) is 0 Å². The quantitative estimate of drug-likeness (QED) is 0.579. The first-order valence-electron chi connectivity index (χ1n) is 4.05. The highest BCUT2D eigenvalue weighted by Gasteiger charge is 2.19. The molecule has 4 nitrogen and oxygen atoms in total. The molecule has 0 spiro atoms. The highest BCUT2D eigenvalue weighted by atomic mass is 15.0. The van der Waals surface area contributed by atoms with Gasteiger partial charge in [-0.2, -0.15) is 0 Å². The molecule has 0 radical (unpaired) electrons. The van der Waals surface area contributed by atoms with Crippen molar-refractivity contribution in [2.24, 2.45) is 9.98 Å². The van der Waals surface area contributed by atoms with Gasteiger partial charge in [0.05, 0.1) is 22.8 Å². The molecule has 2 aliphatic rings. The van der Waals surface area contributed by atoms with Crippen molar-refractivity contribution in [2.75, 3.05) is 0 Å². The van der Waals surface area contributed by atoms with Crippen LogP contribution in [0.25, 0.3) is 6.08 Å². The number of fused-ring (bicyclic) bond motifs is 2. The van der Waals surface area contributed by atoms with Gasteiger partial charge in [-0.15, -0.1) is 0 Å². The molecule has 0 N–H and O–H groups in total. The largest absolute Gasteiger partial charge is 0.257 e. The van der Waals surface area contributed by atoms with Gasteiger partial charge < -0.3 is 0 Å². The van der Waals surface area contributed by atoms with Crippen LogP contribution < -0.4 is 0 Å². The molecule has 1 aliphatic heterocycles. The Balaban J connectivity index is 2.21. The SMILES string of the molecule is C1=NC2=Cc3nccnc3CC2=N1. The molecule has 4 heteroatoms. The summed E-state index contributed by atoms with van der Waals surface area (Å²) in [5, 5.41) is 0. The van der Waals surface area contributed by atoms with Crippen LogP contribution in [-0.2, 0) is 6.42 Å². The minimum absolute atomic E-state index is 0.745. The van der Waals surface area contributed by atoms with Gasteiger partial charge in [0, 0.05) is 18.8 Å². The van der Waals surface area contributed by atoms with Crippen LogP contribution in [0.2, 0.25) is 0 Å². The Morgan fingerprint density at radius 2 is 2.08 bits per heavy atom. The minimum Gasteiger partial charge on any atom is -0.257 e. The molecule has 0 amide bonds. The Morgan fingerprint density at radius 3 is 3.08 bits per heavy atom. The average molecular weight is 170 g/mol. The summed E-state index contributed by atoms with van der Waals surface area (Å²) >= 11 is 0. The van der Waals surface area contributed by atoms with Gasteiger partial charge in [0.25, 0.3) is 0 Å². The first-order valence-corrected chi connectivity index (χ1v) is 4.05. The van der Waals surface area contributed by atoms with E-state index < -0.39 is 0 Å². The van der Waals surface area contributed by atoms with Crippen molar-refractivity contribution in [3.8, 4) is 0 Å². The van der Waals surface area contributed by atoms with E-state index in [1.165, 1.54) is 0 Å². The van der Waals surface area contributed by atoms with Gasteiger partial charge in [-0.25, -0.2) is 9.98 Å². The van der Waals surface area contributed by atoms with E-state index in [-0.39, 0.29) is 0 Å². The Labute approximate surface area is 74.8 Å². The van der Waals surface area contributed by atoms with Crippen molar-refractivity contribution in [2.45, 2.75) is 6.42 Å². The highest BCUT2D eigenvalue weighted by molar-refractivity contribution is 6.12. The van der Waals surface area contributed by atoms with Crippen LogP contribution in [0, 0.1) is 0 Å². The lowest BCUT2D eigenvalue weighted by atomic mass is 10.0. The van der Waals surface area contributed by atoms with Crippen molar-refractivity contribution in [3.05, 3.63) is 29.5 Å². The molecule has 13 heavy (non-hydrogen) atoms. The van der Waals surface area contributed by atoms with Gasteiger partial charge in [-0.1, -0.05) is 0 Å².